The van der Waals surface area contributed by atoms with Crippen molar-refractivity contribution >= 4 is 38.7 Å². The first-order valence-corrected chi connectivity index (χ1v) is 17.0. The van der Waals surface area contributed by atoms with Gasteiger partial charge in [-0.2, -0.15) is 0 Å². The minimum absolute atomic E-state index is 0.0000433. The van der Waals surface area contributed by atoms with Crippen LogP contribution in [0.1, 0.15) is 38.2 Å². The Bertz CT molecular complexity index is 2160. The highest BCUT2D eigenvalue weighted by molar-refractivity contribution is 7.90. The van der Waals surface area contributed by atoms with Crippen molar-refractivity contribution in [3.8, 4) is 22.8 Å². The molecule has 0 amide bonds. The van der Waals surface area contributed by atoms with Gasteiger partial charge in [-0.15, -0.1) is 0 Å². The van der Waals surface area contributed by atoms with E-state index in [1.54, 1.807) is 25.1 Å². The third-order valence-corrected chi connectivity index (χ3v) is 10.9. The second-order valence-corrected chi connectivity index (χ2v) is 14.0. The SMILES string of the molecule is CCOC(=O)[C@@H]1C2CCC(CC2)[C@H]1Nc1cc(-c2ccc([N+](=O)[O-])o2)nc(-c2cn(S(=O)(=O)c3ccc(C)cc3)c3ncc(F)cc23)n1. The van der Waals surface area contributed by atoms with Gasteiger partial charge in [0.2, 0.25) is 0 Å². The van der Waals surface area contributed by atoms with Gasteiger partial charge in [0.15, 0.2) is 17.2 Å². The Hall–Kier alpha value is -5.18. The van der Waals surface area contributed by atoms with Crippen molar-refractivity contribution in [2.24, 2.45) is 17.8 Å². The number of aromatic nitrogens is 4. The molecule has 3 fully saturated rings. The summed E-state index contributed by atoms with van der Waals surface area (Å²) in [6.07, 6.45) is 5.87. The number of benzene rings is 1. The van der Waals surface area contributed by atoms with E-state index in [9.17, 15) is 27.7 Å². The molecule has 0 spiro atoms. The number of hydrogen-bond acceptors (Lipinski definition) is 11. The van der Waals surface area contributed by atoms with Crippen LogP contribution in [0.25, 0.3) is 33.9 Å². The number of nitrogens with zero attached hydrogens (tertiary/aromatic N) is 5. The van der Waals surface area contributed by atoms with E-state index in [1.165, 1.54) is 30.5 Å². The maximum atomic E-state index is 14.7. The van der Waals surface area contributed by atoms with Crippen LogP contribution in [-0.4, -0.2) is 50.9 Å². The van der Waals surface area contributed by atoms with Gasteiger partial charge in [0.1, 0.15) is 22.3 Å². The van der Waals surface area contributed by atoms with E-state index in [0.29, 0.717) is 0 Å². The first kappa shape index (κ1) is 31.4. The molecule has 15 heteroatoms. The summed E-state index contributed by atoms with van der Waals surface area (Å²) in [6.45, 7) is 3.85. The van der Waals surface area contributed by atoms with Crippen molar-refractivity contribution in [2.45, 2.75) is 50.5 Å². The number of anilines is 1. The molecule has 0 unspecified atom stereocenters. The molecule has 5 aromatic rings. The highest BCUT2D eigenvalue weighted by Gasteiger charge is 2.48. The molecule has 4 heterocycles. The lowest BCUT2D eigenvalue weighted by Crippen LogP contribution is -2.52. The van der Waals surface area contributed by atoms with Crippen LogP contribution in [0.2, 0.25) is 0 Å². The summed E-state index contributed by atoms with van der Waals surface area (Å²) < 4.78 is 54.3. The summed E-state index contributed by atoms with van der Waals surface area (Å²) in [5.41, 5.74) is 1.12. The lowest BCUT2D eigenvalue weighted by Gasteiger charge is -2.47. The number of pyridine rings is 1. The highest BCUT2D eigenvalue weighted by atomic mass is 32.2. The molecule has 0 radical (unpaired) electrons. The zero-order valence-corrected chi connectivity index (χ0v) is 26.8. The number of carbonyl (C=O) groups excluding carboxylic acids is 1. The number of esters is 1. The molecule has 2 bridgehead atoms. The number of ether oxygens (including phenoxy) is 1. The molecule has 0 aliphatic heterocycles. The third kappa shape index (κ3) is 5.57. The van der Waals surface area contributed by atoms with Crippen molar-refractivity contribution in [2.75, 3.05) is 11.9 Å². The summed E-state index contributed by atoms with van der Waals surface area (Å²) in [6, 6.07) is 11.3. The number of aryl methyl sites for hydroxylation is 1. The number of nitro groups is 1. The summed E-state index contributed by atoms with van der Waals surface area (Å²) in [5.74, 6) is -1.30. The third-order valence-electron chi connectivity index (χ3n) is 9.24. The van der Waals surface area contributed by atoms with Gasteiger partial charge in [-0.3, -0.25) is 14.9 Å². The predicted molar refractivity (Wildman–Crippen MR) is 172 cm³/mol. The van der Waals surface area contributed by atoms with Crippen molar-refractivity contribution in [1.29, 1.82) is 0 Å². The number of hydrogen-bond donors (Lipinski definition) is 1. The quantitative estimate of drug-likeness (QED) is 0.108. The van der Waals surface area contributed by atoms with Crippen LogP contribution < -0.4 is 5.32 Å². The number of rotatable bonds is 9. The molecule has 1 aromatic carbocycles. The largest absolute Gasteiger partial charge is 0.466 e. The molecular weight excluding hydrogens is 643 g/mol. The Kier molecular flexibility index (Phi) is 7.93. The average molecular weight is 675 g/mol. The van der Waals surface area contributed by atoms with Crippen LogP contribution in [0.5, 0.6) is 0 Å². The molecule has 3 aliphatic carbocycles. The zero-order valence-electron chi connectivity index (χ0n) is 26.0. The molecule has 2 atom stereocenters. The lowest BCUT2D eigenvalue weighted by molar-refractivity contribution is -0.401. The maximum Gasteiger partial charge on any atom is 0.433 e. The van der Waals surface area contributed by atoms with E-state index in [1.807, 2.05) is 6.92 Å². The van der Waals surface area contributed by atoms with Gasteiger partial charge < -0.3 is 14.5 Å². The number of fused-ring (bicyclic) bond motifs is 4. The first-order chi connectivity index (χ1) is 23.0. The molecule has 0 saturated heterocycles. The molecule has 3 saturated carbocycles. The van der Waals surface area contributed by atoms with Crippen molar-refractivity contribution in [3.63, 3.8) is 0 Å². The first-order valence-electron chi connectivity index (χ1n) is 15.6. The Labute approximate surface area is 274 Å². The van der Waals surface area contributed by atoms with Crippen molar-refractivity contribution < 1.29 is 31.7 Å². The molecule has 3 aliphatic rings. The van der Waals surface area contributed by atoms with E-state index >= 15 is 0 Å². The second kappa shape index (κ2) is 12.1. The smallest absolute Gasteiger partial charge is 0.433 e. The van der Waals surface area contributed by atoms with E-state index < -0.39 is 32.6 Å². The Morgan fingerprint density at radius 3 is 2.52 bits per heavy atom. The summed E-state index contributed by atoms with van der Waals surface area (Å²) in [7, 11) is -4.20. The van der Waals surface area contributed by atoms with Crippen LogP contribution in [0.15, 0.2) is 70.2 Å². The van der Waals surface area contributed by atoms with Crippen LogP contribution in [0.4, 0.5) is 16.1 Å². The van der Waals surface area contributed by atoms with Gasteiger partial charge in [-0.05, 0) is 75.6 Å². The number of furan rings is 1. The van der Waals surface area contributed by atoms with Crippen LogP contribution in [0.3, 0.4) is 0 Å². The highest BCUT2D eigenvalue weighted by Crippen LogP contribution is 2.47. The minimum Gasteiger partial charge on any atom is -0.466 e. The van der Waals surface area contributed by atoms with E-state index in [4.69, 9.17) is 14.1 Å². The van der Waals surface area contributed by atoms with Gasteiger partial charge >= 0.3 is 11.9 Å². The molecule has 8 rings (SSSR count). The topological polar surface area (TPSA) is 172 Å². The Morgan fingerprint density at radius 2 is 1.83 bits per heavy atom. The Balaban J connectivity index is 1.39. The zero-order chi connectivity index (χ0) is 33.7. The van der Waals surface area contributed by atoms with E-state index in [-0.39, 0.29) is 75.0 Å². The fourth-order valence-electron chi connectivity index (χ4n) is 6.98. The van der Waals surface area contributed by atoms with Crippen molar-refractivity contribution in [1.82, 2.24) is 18.9 Å². The number of halogens is 1. The average Bonchev–Trinajstić information content (AvgIpc) is 3.72. The van der Waals surface area contributed by atoms with Gasteiger partial charge in [0.05, 0.1) is 29.7 Å². The van der Waals surface area contributed by atoms with Gasteiger partial charge in [-0.1, -0.05) is 17.7 Å². The summed E-state index contributed by atoms with van der Waals surface area (Å²) in [4.78, 5) is 37.4. The minimum atomic E-state index is -4.20. The molecule has 13 nitrogen and oxygen atoms in total. The van der Waals surface area contributed by atoms with Crippen LogP contribution in [-0.2, 0) is 19.6 Å². The summed E-state index contributed by atoms with van der Waals surface area (Å²) >= 11 is 0. The predicted octanol–water partition coefficient (Wildman–Crippen LogP) is 6.13. The second-order valence-electron chi connectivity index (χ2n) is 12.2. The van der Waals surface area contributed by atoms with Gasteiger partial charge in [0.25, 0.3) is 10.0 Å². The monoisotopic (exact) mass is 674 g/mol. The number of carbonyl (C=O) groups is 1. The molecule has 1 N–H and O–H groups in total. The van der Waals surface area contributed by atoms with Crippen LogP contribution in [0, 0.1) is 40.6 Å². The molecular formula is C33H31FN6O7S. The standard InChI is InChI=1S/C33H31FN6O7S/c1-3-46-33(41)29-19-6-8-20(9-7-19)30(29)37-27-15-25(26-12-13-28(47-26)40(42)43)36-31(38-27)24-17-39(32-23(24)14-21(34)16-35-32)48(44,45)22-10-4-18(2)5-11-22/h4-5,10-17,19-20,29-30H,3,6-9H2,1-2H3,(H,36,37,38)/t19?,20?,29-,30-/m1/s1. The normalized spacial score (nSPS) is 20.6. The fraction of sp³-hybridized carbons (Fsp3) is 0.333. The molecule has 4 aromatic heterocycles. The summed E-state index contributed by atoms with van der Waals surface area (Å²) in [5, 5.41) is 15.0. The fourth-order valence-corrected chi connectivity index (χ4v) is 8.30. The maximum absolute atomic E-state index is 14.7. The van der Waals surface area contributed by atoms with E-state index in [2.05, 4.69) is 15.3 Å². The molecule has 248 valence electrons. The Morgan fingerprint density at radius 1 is 1.10 bits per heavy atom. The van der Waals surface area contributed by atoms with Gasteiger partial charge in [0, 0.05) is 29.3 Å². The number of nitrogens with one attached hydrogen (secondary N) is 1. The van der Waals surface area contributed by atoms with E-state index in [0.717, 1.165) is 47.5 Å². The van der Waals surface area contributed by atoms with Crippen molar-refractivity contribution in [3.05, 3.63) is 82.4 Å². The van der Waals surface area contributed by atoms with Crippen LogP contribution >= 0.6 is 0 Å². The van der Waals surface area contributed by atoms with Gasteiger partial charge in [-0.25, -0.2) is 31.7 Å². The molecule has 48 heavy (non-hydrogen) atoms. The lowest BCUT2D eigenvalue weighted by atomic mass is 9.61.